The summed E-state index contributed by atoms with van der Waals surface area (Å²) in [5.74, 6) is 5.99. The fraction of sp³-hybridized carbons (Fsp3) is 0.727. The summed E-state index contributed by atoms with van der Waals surface area (Å²) in [6.45, 7) is 11.9. The summed E-state index contributed by atoms with van der Waals surface area (Å²) in [4.78, 5) is 0. The van der Waals surface area contributed by atoms with Crippen molar-refractivity contribution < 1.29 is 0 Å². The van der Waals surface area contributed by atoms with Crippen LogP contribution in [0.1, 0.15) is 59.3 Å². The summed E-state index contributed by atoms with van der Waals surface area (Å²) >= 11 is 0. The molecule has 0 aromatic rings. The molecule has 0 aromatic heterocycles. The van der Waals surface area contributed by atoms with Crippen LogP contribution in [0.25, 0.3) is 0 Å². The molecule has 6 atom stereocenters. The van der Waals surface area contributed by atoms with Gasteiger partial charge in [-0.2, -0.15) is 0 Å². The van der Waals surface area contributed by atoms with Crippen LogP contribution in [0.5, 0.6) is 0 Å². The van der Waals surface area contributed by atoms with E-state index in [9.17, 15) is 0 Å². The van der Waals surface area contributed by atoms with Gasteiger partial charge in [-0.3, -0.25) is 0 Å². The molecule has 2 saturated carbocycles. The molecule has 2 aliphatic rings. The van der Waals surface area contributed by atoms with Gasteiger partial charge in [-0.05, 0) is 67.7 Å². The van der Waals surface area contributed by atoms with Crippen LogP contribution in [0.4, 0.5) is 0 Å². The molecule has 128 valence electrons. The van der Waals surface area contributed by atoms with E-state index in [0.29, 0.717) is 29.6 Å². The zero-order valence-corrected chi connectivity index (χ0v) is 15.4. The van der Waals surface area contributed by atoms with E-state index >= 15 is 0 Å². The minimum absolute atomic E-state index is 0.254. The van der Waals surface area contributed by atoms with Gasteiger partial charge >= 0.3 is 0 Å². The highest BCUT2D eigenvalue weighted by Gasteiger charge is 2.51. The Kier molecular flexibility index (Phi) is 6.15. The highest BCUT2D eigenvalue weighted by atomic mass is 14.6. The monoisotopic (exact) mass is 313 g/mol. The molecule has 0 amide bonds. The molecule has 23 heavy (non-hydrogen) atoms. The van der Waals surface area contributed by atoms with Gasteiger partial charge in [0.25, 0.3) is 0 Å². The Labute approximate surface area is 143 Å². The molecular formula is C22H35N. The lowest BCUT2D eigenvalue weighted by molar-refractivity contribution is 0.0945. The number of nitrogens with two attached hydrogens (primary N) is 1. The SMILES string of the molecule is C#CC1CCC2C(CN)/C(=C/C=C)C(CCC)C(C)CCC12C. The first-order valence-electron chi connectivity index (χ1n) is 9.52. The summed E-state index contributed by atoms with van der Waals surface area (Å²) in [6, 6.07) is 0. The first-order valence-corrected chi connectivity index (χ1v) is 9.52. The van der Waals surface area contributed by atoms with Crippen molar-refractivity contribution in [1.82, 2.24) is 0 Å². The van der Waals surface area contributed by atoms with Crippen LogP contribution >= 0.6 is 0 Å². The molecule has 2 fully saturated rings. The lowest BCUT2D eigenvalue weighted by Gasteiger charge is -2.46. The molecule has 0 spiro atoms. The summed E-state index contributed by atoms with van der Waals surface area (Å²) in [5, 5.41) is 0. The molecule has 0 aromatic carbocycles. The normalized spacial score (nSPS) is 42.6. The Balaban J connectivity index is 2.47. The Hall–Kier alpha value is -1.00. The zero-order chi connectivity index (χ0) is 17.0. The van der Waals surface area contributed by atoms with Crippen molar-refractivity contribution in [2.75, 3.05) is 6.54 Å². The van der Waals surface area contributed by atoms with Crippen molar-refractivity contribution in [3.8, 4) is 12.3 Å². The summed E-state index contributed by atoms with van der Waals surface area (Å²) in [5.41, 5.74) is 8.14. The minimum Gasteiger partial charge on any atom is -0.330 e. The van der Waals surface area contributed by atoms with Crippen LogP contribution < -0.4 is 5.73 Å². The van der Waals surface area contributed by atoms with Crippen LogP contribution in [0.2, 0.25) is 0 Å². The average molecular weight is 314 g/mol. The van der Waals surface area contributed by atoms with Gasteiger partial charge in [0, 0.05) is 5.92 Å². The molecule has 2 aliphatic carbocycles. The highest BCUT2D eigenvalue weighted by molar-refractivity contribution is 5.23. The number of allylic oxidation sites excluding steroid dienone is 2. The van der Waals surface area contributed by atoms with Crippen LogP contribution in [0, 0.1) is 47.3 Å². The molecule has 0 radical (unpaired) electrons. The smallest absolute Gasteiger partial charge is 0.0256 e. The number of fused-ring (bicyclic) bond motifs is 1. The molecule has 2 N–H and O–H groups in total. The standard InChI is InChI=1S/C22H35N/c1-6-9-18-16(4)13-14-22(5)17(8-3)11-12-21(22)20(15-23)19(18)10-7-2/h3,7,10,16-18,20-21H,2,6,9,11-15,23H2,1,4-5H3/b19-10+. The first-order chi connectivity index (χ1) is 11.0. The highest BCUT2D eigenvalue weighted by Crippen LogP contribution is 2.57. The van der Waals surface area contributed by atoms with E-state index in [1.54, 1.807) is 5.57 Å². The number of rotatable bonds is 4. The Morgan fingerprint density at radius 3 is 2.65 bits per heavy atom. The molecule has 6 unspecified atom stereocenters. The minimum atomic E-state index is 0.254. The maximum Gasteiger partial charge on any atom is 0.0256 e. The van der Waals surface area contributed by atoms with E-state index in [2.05, 4.69) is 39.3 Å². The molecular weight excluding hydrogens is 278 g/mol. The van der Waals surface area contributed by atoms with Crippen LogP contribution in [-0.2, 0) is 0 Å². The zero-order valence-electron chi connectivity index (χ0n) is 15.4. The molecule has 0 aliphatic heterocycles. The van der Waals surface area contributed by atoms with E-state index in [-0.39, 0.29) is 5.41 Å². The van der Waals surface area contributed by atoms with E-state index in [1.807, 2.05) is 6.08 Å². The maximum atomic E-state index is 6.32. The predicted molar refractivity (Wildman–Crippen MR) is 101 cm³/mol. The van der Waals surface area contributed by atoms with Gasteiger partial charge in [0.2, 0.25) is 0 Å². The summed E-state index contributed by atoms with van der Waals surface area (Å²) in [7, 11) is 0. The fourth-order valence-corrected chi connectivity index (χ4v) is 5.58. The van der Waals surface area contributed by atoms with Gasteiger partial charge in [0.05, 0.1) is 0 Å². The van der Waals surface area contributed by atoms with Gasteiger partial charge in [0.1, 0.15) is 0 Å². The van der Waals surface area contributed by atoms with Crippen molar-refractivity contribution >= 4 is 0 Å². The Bertz CT molecular complexity index is 483. The quantitative estimate of drug-likeness (QED) is 0.711. The van der Waals surface area contributed by atoms with Gasteiger partial charge in [-0.15, -0.1) is 12.3 Å². The molecule has 2 rings (SSSR count). The second-order valence-corrected chi connectivity index (χ2v) is 8.06. The summed E-state index contributed by atoms with van der Waals surface area (Å²) in [6.07, 6.45) is 17.6. The molecule has 0 heterocycles. The topological polar surface area (TPSA) is 26.0 Å². The van der Waals surface area contributed by atoms with Gasteiger partial charge in [0.15, 0.2) is 0 Å². The summed E-state index contributed by atoms with van der Waals surface area (Å²) < 4.78 is 0. The number of terminal acetylenes is 1. The van der Waals surface area contributed by atoms with Crippen molar-refractivity contribution in [1.29, 1.82) is 0 Å². The second-order valence-electron chi connectivity index (χ2n) is 8.06. The first kappa shape index (κ1) is 18.3. The number of hydrogen-bond donors (Lipinski definition) is 1. The van der Waals surface area contributed by atoms with E-state index in [4.69, 9.17) is 12.2 Å². The molecule has 1 nitrogen and oxygen atoms in total. The third-order valence-corrected chi connectivity index (χ3v) is 6.94. The molecule has 0 saturated heterocycles. The van der Waals surface area contributed by atoms with Gasteiger partial charge in [-0.25, -0.2) is 0 Å². The lowest BCUT2D eigenvalue weighted by Crippen LogP contribution is -2.41. The van der Waals surface area contributed by atoms with Gasteiger partial charge in [-0.1, -0.05) is 51.5 Å². The average Bonchev–Trinajstić information content (AvgIpc) is 2.86. The molecule has 1 heteroatoms. The van der Waals surface area contributed by atoms with Crippen molar-refractivity contribution in [3.05, 3.63) is 24.3 Å². The van der Waals surface area contributed by atoms with E-state index in [1.165, 1.54) is 38.5 Å². The van der Waals surface area contributed by atoms with E-state index in [0.717, 1.165) is 6.54 Å². The second kappa shape index (κ2) is 7.71. The molecule has 0 bridgehead atoms. The van der Waals surface area contributed by atoms with Crippen molar-refractivity contribution in [2.24, 2.45) is 40.7 Å². The van der Waals surface area contributed by atoms with Crippen molar-refractivity contribution in [2.45, 2.75) is 59.3 Å². The van der Waals surface area contributed by atoms with Gasteiger partial charge < -0.3 is 5.73 Å². The Morgan fingerprint density at radius 2 is 2.09 bits per heavy atom. The fourth-order valence-electron chi connectivity index (χ4n) is 5.58. The van der Waals surface area contributed by atoms with E-state index < -0.39 is 0 Å². The third kappa shape index (κ3) is 3.29. The predicted octanol–water partition coefficient (Wildman–Crippen LogP) is 5.19. The largest absolute Gasteiger partial charge is 0.330 e. The van der Waals surface area contributed by atoms with Crippen LogP contribution in [-0.4, -0.2) is 6.54 Å². The number of hydrogen-bond acceptors (Lipinski definition) is 1. The third-order valence-electron chi connectivity index (χ3n) is 6.94. The van der Waals surface area contributed by atoms with Crippen molar-refractivity contribution in [3.63, 3.8) is 0 Å². The van der Waals surface area contributed by atoms with Crippen LogP contribution in [0.3, 0.4) is 0 Å². The maximum absolute atomic E-state index is 6.32. The lowest BCUT2D eigenvalue weighted by atomic mass is 9.59. The van der Waals surface area contributed by atoms with Crippen LogP contribution in [0.15, 0.2) is 24.3 Å². The Morgan fingerprint density at radius 1 is 1.35 bits per heavy atom.